The Morgan fingerprint density at radius 3 is 2.23 bits per heavy atom. The number of rotatable bonds is 10. The van der Waals surface area contributed by atoms with Gasteiger partial charge in [-0.1, -0.05) is 0 Å². The number of alkyl halides is 6. The molecule has 0 saturated carbocycles. The molecule has 0 N–H and O–H groups in total. The van der Waals surface area contributed by atoms with Gasteiger partial charge in [0.05, 0.1) is 51.9 Å². The zero-order valence-electron chi connectivity index (χ0n) is 24.6. The van der Waals surface area contributed by atoms with Crippen LogP contribution in [0.25, 0.3) is 0 Å². The van der Waals surface area contributed by atoms with Crippen molar-refractivity contribution in [2.75, 3.05) is 32.8 Å². The maximum Gasteiger partial charge on any atom is 0.450 e. The number of benzene rings is 1. The molecule has 0 radical (unpaired) electrons. The number of halogens is 8. The maximum absolute atomic E-state index is 13.7. The number of carboxylic acid groups (broad SMARTS) is 1. The summed E-state index contributed by atoms with van der Waals surface area (Å²) in [4.78, 5) is 23.2. The molecule has 1 atom stereocenters. The summed E-state index contributed by atoms with van der Waals surface area (Å²) in [6.45, 7) is 3.11. The zero-order chi connectivity index (χ0) is 34.4. The van der Waals surface area contributed by atoms with Gasteiger partial charge in [-0.05, 0) is 30.3 Å². The highest BCUT2D eigenvalue weighted by Crippen LogP contribution is 2.37. The summed E-state index contributed by atoms with van der Waals surface area (Å²) in [5.41, 5.74) is 0.0528. The fraction of sp³-hybridized carbons (Fsp3) is 0.467. The molecule has 0 unspecified atom stereocenters. The second-order valence-electron chi connectivity index (χ2n) is 11.3. The lowest BCUT2D eigenvalue weighted by atomic mass is 9.83. The fourth-order valence-electron chi connectivity index (χ4n) is 5.74. The smallest absolute Gasteiger partial charge is 0.450 e. The molecular weight excluding hydrogens is 652 g/mol. The Bertz CT molecular complexity index is 1460. The number of piperidine rings is 3. The van der Waals surface area contributed by atoms with Gasteiger partial charge in [0.25, 0.3) is 6.01 Å². The van der Waals surface area contributed by atoms with Crippen LogP contribution in [0, 0.1) is 17.7 Å². The number of quaternary nitrogens is 1. The second kappa shape index (κ2) is 14.6. The van der Waals surface area contributed by atoms with Crippen LogP contribution in [0.5, 0.6) is 5.75 Å². The first kappa shape index (κ1) is 35.6. The SMILES string of the molecule is O=C(O[C@H]1C[N+]2(CCCOc3ccc(F)cc3)CCC1CC2)N(Cc1ccoc1)Cc1cc(F)oc1C(F)(F)F.O=C([O-])C(F)(F)F. The van der Waals surface area contributed by atoms with Crippen molar-refractivity contribution in [3.63, 3.8) is 0 Å². The van der Waals surface area contributed by atoms with E-state index in [2.05, 4.69) is 4.42 Å². The number of furan rings is 2. The number of fused-ring (bicyclic) bond motifs is 3. The molecular formula is C30H30F8N2O7. The summed E-state index contributed by atoms with van der Waals surface area (Å²) in [6.07, 6.45) is -6.05. The first-order chi connectivity index (χ1) is 22.0. The Morgan fingerprint density at radius 2 is 1.66 bits per heavy atom. The minimum absolute atomic E-state index is 0.0858. The normalized spacial score (nSPS) is 20.7. The van der Waals surface area contributed by atoms with Crippen LogP contribution >= 0.6 is 0 Å². The molecule has 2 aromatic heterocycles. The number of carboxylic acids is 1. The number of carbonyl (C=O) groups excluding carboxylic acids is 2. The monoisotopic (exact) mass is 682 g/mol. The quantitative estimate of drug-likeness (QED) is 0.154. The molecule has 3 aliphatic heterocycles. The number of hydrogen-bond donors (Lipinski definition) is 0. The van der Waals surface area contributed by atoms with E-state index in [0.29, 0.717) is 30.5 Å². The van der Waals surface area contributed by atoms with E-state index in [4.69, 9.17) is 23.8 Å². The third-order valence-electron chi connectivity index (χ3n) is 7.99. The van der Waals surface area contributed by atoms with Crippen molar-refractivity contribution in [3.05, 3.63) is 77.6 Å². The Labute approximate surface area is 262 Å². The highest BCUT2D eigenvalue weighted by Gasteiger charge is 2.48. The lowest BCUT2D eigenvalue weighted by Crippen LogP contribution is -2.65. The first-order valence-corrected chi connectivity index (χ1v) is 14.4. The molecule has 0 aliphatic carbocycles. The molecule has 258 valence electrons. The third kappa shape index (κ3) is 9.86. The van der Waals surface area contributed by atoms with Crippen LogP contribution in [-0.2, 0) is 28.8 Å². The Balaban J connectivity index is 0.000000644. The zero-order valence-corrected chi connectivity index (χ0v) is 24.6. The summed E-state index contributed by atoms with van der Waals surface area (Å²) < 4.78 is 120. The van der Waals surface area contributed by atoms with Gasteiger partial charge in [-0.2, -0.15) is 30.7 Å². The van der Waals surface area contributed by atoms with Crippen LogP contribution in [0.3, 0.4) is 0 Å². The minimum Gasteiger partial charge on any atom is -0.542 e. The number of nitrogens with zero attached hydrogens (tertiary/aromatic N) is 2. The molecule has 2 bridgehead atoms. The summed E-state index contributed by atoms with van der Waals surface area (Å²) >= 11 is 0. The summed E-state index contributed by atoms with van der Waals surface area (Å²) in [6, 6.07) is 6.68. The van der Waals surface area contributed by atoms with Gasteiger partial charge in [-0.15, -0.1) is 0 Å². The molecule has 6 rings (SSSR count). The van der Waals surface area contributed by atoms with Crippen molar-refractivity contribution in [1.82, 2.24) is 4.90 Å². The van der Waals surface area contributed by atoms with Crippen LogP contribution in [0.15, 0.2) is 57.8 Å². The highest BCUT2D eigenvalue weighted by atomic mass is 19.4. The van der Waals surface area contributed by atoms with E-state index in [0.717, 1.165) is 48.3 Å². The van der Waals surface area contributed by atoms with Crippen LogP contribution in [0.1, 0.15) is 36.1 Å². The van der Waals surface area contributed by atoms with Gasteiger partial charge in [0.15, 0.2) is 6.10 Å². The van der Waals surface area contributed by atoms with Crippen LogP contribution in [0.2, 0.25) is 0 Å². The Hall–Kier alpha value is -4.28. The van der Waals surface area contributed by atoms with Crippen LogP contribution in [-0.4, -0.2) is 66.5 Å². The summed E-state index contributed by atoms with van der Waals surface area (Å²) in [5.74, 6) is -4.07. The maximum atomic E-state index is 13.7. The van der Waals surface area contributed by atoms with Gasteiger partial charge in [0.1, 0.15) is 24.1 Å². The van der Waals surface area contributed by atoms with E-state index < -0.39 is 54.4 Å². The van der Waals surface area contributed by atoms with E-state index in [-0.39, 0.29) is 18.3 Å². The molecule has 1 amide bonds. The van der Waals surface area contributed by atoms with Crippen molar-refractivity contribution in [3.8, 4) is 5.75 Å². The van der Waals surface area contributed by atoms with Gasteiger partial charge >= 0.3 is 18.4 Å². The average Bonchev–Trinajstić information content (AvgIpc) is 3.65. The lowest BCUT2D eigenvalue weighted by Gasteiger charge is -2.52. The van der Waals surface area contributed by atoms with Crippen molar-refractivity contribution >= 4 is 12.1 Å². The second-order valence-corrected chi connectivity index (χ2v) is 11.3. The molecule has 17 heteroatoms. The number of carbonyl (C=O) groups is 2. The number of amides is 1. The molecule has 0 spiro atoms. The van der Waals surface area contributed by atoms with Gasteiger partial charge < -0.3 is 32.7 Å². The van der Waals surface area contributed by atoms with E-state index in [1.54, 1.807) is 18.2 Å². The Morgan fingerprint density at radius 1 is 1.00 bits per heavy atom. The van der Waals surface area contributed by atoms with E-state index in [1.165, 1.54) is 24.7 Å². The van der Waals surface area contributed by atoms with Crippen molar-refractivity contribution < 1.29 is 72.6 Å². The fourth-order valence-corrected chi connectivity index (χ4v) is 5.74. The van der Waals surface area contributed by atoms with E-state index in [1.807, 2.05) is 0 Å². The average molecular weight is 683 g/mol. The van der Waals surface area contributed by atoms with Crippen molar-refractivity contribution in [2.24, 2.45) is 5.92 Å². The third-order valence-corrected chi connectivity index (χ3v) is 7.99. The molecule has 3 aromatic rings. The molecule has 5 heterocycles. The topological polar surface area (TPSA) is 105 Å². The van der Waals surface area contributed by atoms with Crippen molar-refractivity contribution in [2.45, 2.75) is 50.8 Å². The molecule has 47 heavy (non-hydrogen) atoms. The van der Waals surface area contributed by atoms with Gasteiger partial charge in [-0.3, -0.25) is 4.90 Å². The molecule has 9 nitrogen and oxygen atoms in total. The van der Waals surface area contributed by atoms with Gasteiger partial charge in [0, 0.05) is 42.4 Å². The first-order valence-electron chi connectivity index (χ1n) is 14.4. The predicted molar refractivity (Wildman–Crippen MR) is 142 cm³/mol. The minimum atomic E-state index is -5.19. The highest BCUT2D eigenvalue weighted by molar-refractivity contribution is 5.70. The largest absolute Gasteiger partial charge is 0.542 e. The van der Waals surface area contributed by atoms with Crippen LogP contribution in [0.4, 0.5) is 39.9 Å². The molecule has 3 fully saturated rings. The lowest BCUT2D eigenvalue weighted by molar-refractivity contribution is -0.946. The number of aliphatic carboxylic acids is 1. The molecule has 3 aliphatic rings. The Kier molecular flexibility index (Phi) is 11.1. The standard InChI is InChI=1S/C28H30F5N2O5.C2HF3O2/c29-22-2-4-23(5-3-22)38-12-1-9-35-10-6-20(7-11-35)24(17-35)39-27(36)34(15-19-8-13-37-18-19)16-21-14-25(30)40-26(21)28(31,32)33;3-2(4,5)1(6)7/h2-5,8,13-14,18,20,24H,1,6-7,9-12,15-17H2;(H,6,7)/q+1;/p-1/t20?,24-,35?;/m0./s1. The summed E-state index contributed by atoms with van der Waals surface area (Å²) in [5, 5.41) is 8.78. The predicted octanol–water partition coefficient (Wildman–Crippen LogP) is 5.69. The summed E-state index contributed by atoms with van der Waals surface area (Å²) in [7, 11) is 0. The van der Waals surface area contributed by atoms with E-state index >= 15 is 0 Å². The van der Waals surface area contributed by atoms with Gasteiger partial charge in [-0.25, -0.2) is 9.18 Å². The van der Waals surface area contributed by atoms with E-state index in [9.17, 15) is 39.9 Å². The molecule has 1 aromatic carbocycles. The number of hydrogen-bond acceptors (Lipinski definition) is 7. The number of ether oxygens (including phenoxy) is 2. The molecule has 3 saturated heterocycles. The van der Waals surface area contributed by atoms with Crippen LogP contribution < -0.4 is 9.84 Å². The van der Waals surface area contributed by atoms with Gasteiger partial charge in [0.2, 0.25) is 5.76 Å². The van der Waals surface area contributed by atoms with Crippen molar-refractivity contribution in [1.29, 1.82) is 0 Å².